The fourth-order valence-electron chi connectivity index (χ4n) is 3.59. The zero-order valence-electron chi connectivity index (χ0n) is 13.1. The molecule has 0 aliphatic carbocycles. The van der Waals surface area contributed by atoms with E-state index in [1.807, 2.05) is 11.3 Å². The van der Waals surface area contributed by atoms with Gasteiger partial charge in [-0.05, 0) is 51.1 Å². The van der Waals surface area contributed by atoms with Crippen LogP contribution >= 0.6 is 11.3 Å². The highest BCUT2D eigenvalue weighted by molar-refractivity contribution is 7.09. The van der Waals surface area contributed by atoms with Crippen molar-refractivity contribution in [2.75, 3.05) is 19.6 Å². The molecule has 1 unspecified atom stereocenters. The van der Waals surface area contributed by atoms with Crippen molar-refractivity contribution in [1.29, 1.82) is 0 Å². The lowest BCUT2D eigenvalue weighted by Crippen LogP contribution is -2.51. The maximum atomic E-state index is 6.21. The van der Waals surface area contributed by atoms with Crippen LogP contribution in [-0.4, -0.2) is 47.0 Å². The van der Waals surface area contributed by atoms with Crippen LogP contribution in [-0.2, 0) is 6.54 Å². The molecule has 1 saturated heterocycles. The Hall–Kier alpha value is -1.07. The Labute approximate surface area is 131 Å². The molecular formula is C16H26N4S. The molecule has 2 aliphatic heterocycles. The van der Waals surface area contributed by atoms with E-state index >= 15 is 0 Å². The smallest absolute Gasteiger partial charge is 0.192 e. The van der Waals surface area contributed by atoms with Crippen molar-refractivity contribution in [1.82, 2.24) is 9.80 Å². The van der Waals surface area contributed by atoms with Crippen molar-refractivity contribution < 1.29 is 0 Å². The molecule has 5 heteroatoms. The molecular weight excluding hydrogens is 280 g/mol. The van der Waals surface area contributed by atoms with Crippen LogP contribution in [0.15, 0.2) is 22.5 Å². The van der Waals surface area contributed by atoms with Gasteiger partial charge in [-0.25, -0.2) is 0 Å². The van der Waals surface area contributed by atoms with Crippen molar-refractivity contribution >= 4 is 17.3 Å². The molecule has 2 N–H and O–H groups in total. The Morgan fingerprint density at radius 3 is 2.95 bits per heavy atom. The number of nitrogens with zero attached hydrogens (tertiary/aromatic N) is 3. The maximum absolute atomic E-state index is 6.21. The molecule has 0 aromatic carbocycles. The lowest BCUT2D eigenvalue weighted by Gasteiger charge is -2.39. The van der Waals surface area contributed by atoms with Crippen LogP contribution in [0.3, 0.4) is 0 Å². The third-order valence-electron chi connectivity index (χ3n) is 4.96. The van der Waals surface area contributed by atoms with Crippen LogP contribution in [0.5, 0.6) is 0 Å². The van der Waals surface area contributed by atoms with Gasteiger partial charge in [0.1, 0.15) is 0 Å². The van der Waals surface area contributed by atoms with Crippen molar-refractivity contribution in [2.45, 2.75) is 51.2 Å². The molecule has 1 aromatic heterocycles. The standard InChI is InChI=1S/C16H26N4S/c1-13(2)19-8-4-6-16(7-9-19)12-18-15(17)20(16)11-14-5-3-10-21-14/h3,5,10,13H,4,6-9,11-12H2,1-2H3,(H2,17,18). The van der Waals surface area contributed by atoms with Crippen LogP contribution in [0.4, 0.5) is 0 Å². The van der Waals surface area contributed by atoms with Gasteiger partial charge >= 0.3 is 0 Å². The van der Waals surface area contributed by atoms with Gasteiger partial charge in [0.15, 0.2) is 5.96 Å². The van der Waals surface area contributed by atoms with Crippen LogP contribution < -0.4 is 5.73 Å². The van der Waals surface area contributed by atoms with Crippen molar-refractivity contribution in [3.63, 3.8) is 0 Å². The summed E-state index contributed by atoms with van der Waals surface area (Å²) in [6.45, 7) is 8.72. The van der Waals surface area contributed by atoms with E-state index in [4.69, 9.17) is 5.73 Å². The number of hydrogen-bond donors (Lipinski definition) is 1. The summed E-state index contributed by atoms with van der Waals surface area (Å²) in [4.78, 5) is 10.9. The number of rotatable bonds is 3. The zero-order chi connectivity index (χ0) is 14.9. The largest absolute Gasteiger partial charge is 0.370 e. The molecule has 1 atom stereocenters. The van der Waals surface area contributed by atoms with Crippen molar-refractivity contribution in [3.05, 3.63) is 22.4 Å². The number of guanidine groups is 1. The normalized spacial score (nSPS) is 27.4. The average Bonchev–Trinajstić information content (AvgIpc) is 2.99. The second-order valence-electron chi connectivity index (χ2n) is 6.55. The SMILES string of the molecule is CC(C)N1CCCC2(CC1)CN=C(N)N2Cc1cccs1. The number of hydrogen-bond acceptors (Lipinski definition) is 5. The highest BCUT2D eigenvalue weighted by Crippen LogP contribution is 2.35. The van der Waals surface area contributed by atoms with Crippen molar-refractivity contribution in [2.24, 2.45) is 10.7 Å². The van der Waals surface area contributed by atoms with Gasteiger partial charge in [-0.1, -0.05) is 6.07 Å². The molecule has 116 valence electrons. The molecule has 0 radical (unpaired) electrons. The minimum atomic E-state index is 0.151. The Balaban J connectivity index is 1.76. The molecule has 0 bridgehead atoms. The lowest BCUT2D eigenvalue weighted by atomic mass is 9.89. The summed E-state index contributed by atoms with van der Waals surface area (Å²) < 4.78 is 0. The Morgan fingerprint density at radius 2 is 2.24 bits per heavy atom. The number of thiophene rings is 1. The molecule has 0 saturated carbocycles. The highest BCUT2D eigenvalue weighted by atomic mass is 32.1. The summed E-state index contributed by atoms with van der Waals surface area (Å²) in [6.07, 6.45) is 3.61. The summed E-state index contributed by atoms with van der Waals surface area (Å²) >= 11 is 1.81. The average molecular weight is 306 g/mol. The van der Waals surface area contributed by atoms with Gasteiger partial charge in [-0.15, -0.1) is 11.3 Å². The Kier molecular flexibility index (Phi) is 4.22. The maximum Gasteiger partial charge on any atom is 0.192 e. The van der Waals surface area contributed by atoms with E-state index in [2.05, 4.69) is 46.2 Å². The Bertz CT molecular complexity index is 496. The van der Waals surface area contributed by atoms with Gasteiger partial charge in [0.25, 0.3) is 0 Å². The van der Waals surface area contributed by atoms with E-state index < -0.39 is 0 Å². The fourth-order valence-corrected chi connectivity index (χ4v) is 4.29. The molecule has 1 aromatic rings. The van der Waals surface area contributed by atoms with Crippen molar-refractivity contribution in [3.8, 4) is 0 Å². The predicted octanol–water partition coefficient (Wildman–Crippen LogP) is 2.51. The van der Waals surface area contributed by atoms with E-state index in [1.165, 1.54) is 30.7 Å². The third kappa shape index (κ3) is 2.94. The van der Waals surface area contributed by atoms with Gasteiger partial charge < -0.3 is 15.5 Å². The zero-order valence-corrected chi connectivity index (χ0v) is 13.9. The summed E-state index contributed by atoms with van der Waals surface area (Å²) in [5.41, 5.74) is 6.36. The predicted molar refractivity (Wildman–Crippen MR) is 89.6 cm³/mol. The number of aliphatic imine (C=N–C) groups is 1. The number of nitrogens with two attached hydrogens (primary N) is 1. The monoisotopic (exact) mass is 306 g/mol. The molecule has 3 heterocycles. The molecule has 0 amide bonds. The van der Waals surface area contributed by atoms with Gasteiger partial charge in [-0.3, -0.25) is 4.99 Å². The molecule has 2 aliphatic rings. The summed E-state index contributed by atoms with van der Waals surface area (Å²) in [5.74, 6) is 0.737. The first-order valence-corrected chi connectivity index (χ1v) is 8.83. The molecule has 21 heavy (non-hydrogen) atoms. The Morgan fingerprint density at radius 1 is 1.38 bits per heavy atom. The van der Waals surface area contributed by atoms with Gasteiger partial charge in [0.2, 0.25) is 0 Å². The van der Waals surface area contributed by atoms with E-state index in [0.29, 0.717) is 6.04 Å². The van der Waals surface area contributed by atoms with E-state index in [9.17, 15) is 0 Å². The second kappa shape index (κ2) is 5.97. The second-order valence-corrected chi connectivity index (χ2v) is 7.58. The minimum absolute atomic E-state index is 0.151. The van der Waals surface area contributed by atoms with Gasteiger partial charge in [0.05, 0.1) is 18.6 Å². The highest BCUT2D eigenvalue weighted by Gasteiger charge is 2.43. The first-order valence-electron chi connectivity index (χ1n) is 7.95. The van der Waals surface area contributed by atoms with E-state index in [-0.39, 0.29) is 5.54 Å². The summed E-state index contributed by atoms with van der Waals surface area (Å²) in [6, 6.07) is 4.94. The van der Waals surface area contributed by atoms with Crippen LogP contribution in [0.2, 0.25) is 0 Å². The van der Waals surface area contributed by atoms with Crippen LogP contribution in [0.25, 0.3) is 0 Å². The van der Waals surface area contributed by atoms with E-state index in [0.717, 1.165) is 25.6 Å². The molecule has 4 nitrogen and oxygen atoms in total. The van der Waals surface area contributed by atoms with Gasteiger partial charge in [0, 0.05) is 17.5 Å². The fraction of sp³-hybridized carbons (Fsp3) is 0.688. The summed E-state index contributed by atoms with van der Waals surface area (Å²) in [5, 5.41) is 2.14. The van der Waals surface area contributed by atoms with Crippen LogP contribution in [0.1, 0.15) is 38.0 Å². The van der Waals surface area contributed by atoms with Crippen LogP contribution in [0, 0.1) is 0 Å². The van der Waals surface area contributed by atoms with E-state index in [1.54, 1.807) is 0 Å². The molecule has 1 spiro atoms. The number of likely N-dealkylation sites (tertiary alicyclic amines) is 1. The lowest BCUT2D eigenvalue weighted by molar-refractivity contribution is 0.160. The van der Waals surface area contributed by atoms with Gasteiger partial charge in [-0.2, -0.15) is 0 Å². The molecule has 3 rings (SSSR count). The topological polar surface area (TPSA) is 44.9 Å². The third-order valence-corrected chi connectivity index (χ3v) is 5.82. The quantitative estimate of drug-likeness (QED) is 0.933. The first kappa shape index (κ1) is 14.9. The molecule has 1 fully saturated rings. The minimum Gasteiger partial charge on any atom is -0.370 e. The summed E-state index contributed by atoms with van der Waals surface area (Å²) in [7, 11) is 0. The first-order chi connectivity index (χ1) is 10.1.